The van der Waals surface area contributed by atoms with Crippen LogP contribution in [-0.2, 0) is 6.54 Å². The molecular formula is C15H10F2N2O. The number of aldehydes is 1. The van der Waals surface area contributed by atoms with Crippen LogP contribution in [-0.4, -0.2) is 15.8 Å². The van der Waals surface area contributed by atoms with Crippen LogP contribution < -0.4 is 0 Å². The molecule has 0 N–H and O–H groups in total. The highest BCUT2D eigenvalue weighted by atomic mass is 19.1. The zero-order valence-corrected chi connectivity index (χ0v) is 10.4. The van der Waals surface area contributed by atoms with E-state index in [0.717, 1.165) is 5.39 Å². The minimum Gasteiger partial charge on any atom is -0.332 e. The molecule has 0 unspecified atom stereocenters. The number of halogens is 2. The van der Waals surface area contributed by atoms with Crippen LogP contribution in [0, 0.1) is 11.6 Å². The summed E-state index contributed by atoms with van der Waals surface area (Å²) < 4.78 is 28.6. The highest BCUT2D eigenvalue weighted by molar-refractivity contribution is 5.89. The van der Waals surface area contributed by atoms with Gasteiger partial charge < -0.3 is 4.57 Å². The summed E-state index contributed by atoms with van der Waals surface area (Å²) in [6.45, 7) is 0.0771. The number of pyridine rings is 1. The number of carbonyl (C=O) groups excluding carboxylic acids is 1. The smallest absolute Gasteiger partial charge is 0.166 e. The van der Waals surface area contributed by atoms with Crippen molar-refractivity contribution in [2.45, 2.75) is 6.54 Å². The maximum absolute atomic E-state index is 13.7. The summed E-state index contributed by atoms with van der Waals surface area (Å²) in [4.78, 5) is 15.1. The Kier molecular flexibility index (Phi) is 3.02. The van der Waals surface area contributed by atoms with E-state index < -0.39 is 11.6 Å². The first kappa shape index (κ1) is 12.5. The average molecular weight is 272 g/mol. The summed E-state index contributed by atoms with van der Waals surface area (Å²) in [5, 5.41) is 0.727. The first-order valence-corrected chi connectivity index (χ1v) is 6.02. The first-order valence-electron chi connectivity index (χ1n) is 6.02. The largest absolute Gasteiger partial charge is 0.332 e. The molecule has 0 bridgehead atoms. The standard InChI is InChI=1S/C15H10F2N2O/c16-11-4-3-10-6-12(9-20)19(15(10)7-11)8-14-13(17)2-1-5-18-14/h1-7,9H,8H2. The lowest BCUT2D eigenvalue weighted by Crippen LogP contribution is -2.07. The molecule has 3 nitrogen and oxygen atoms in total. The zero-order valence-electron chi connectivity index (χ0n) is 10.4. The molecule has 0 aliphatic heterocycles. The van der Waals surface area contributed by atoms with Crippen LogP contribution >= 0.6 is 0 Å². The van der Waals surface area contributed by atoms with Crippen LogP contribution in [0.5, 0.6) is 0 Å². The number of benzene rings is 1. The molecule has 3 aromatic rings. The lowest BCUT2D eigenvalue weighted by molar-refractivity contribution is 0.111. The van der Waals surface area contributed by atoms with Gasteiger partial charge in [0.1, 0.15) is 11.6 Å². The lowest BCUT2D eigenvalue weighted by Gasteiger charge is -2.08. The Morgan fingerprint density at radius 2 is 2.05 bits per heavy atom. The molecule has 0 aliphatic rings. The van der Waals surface area contributed by atoms with Gasteiger partial charge in [0.25, 0.3) is 0 Å². The number of rotatable bonds is 3. The number of aromatic nitrogens is 2. The van der Waals surface area contributed by atoms with Crippen LogP contribution in [0.1, 0.15) is 16.2 Å². The number of fused-ring (bicyclic) bond motifs is 1. The molecule has 3 rings (SSSR count). The zero-order chi connectivity index (χ0) is 14.1. The third kappa shape index (κ3) is 2.07. The first-order chi connectivity index (χ1) is 9.69. The van der Waals surface area contributed by atoms with E-state index in [1.165, 1.54) is 30.5 Å². The molecule has 100 valence electrons. The van der Waals surface area contributed by atoms with E-state index in [-0.39, 0.29) is 12.2 Å². The molecule has 20 heavy (non-hydrogen) atoms. The summed E-state index contributed by atoms with van der Waals surface area (Å²) >= 11 is 0. The molecular weight excluding hydrogens is 262 g/mol. The third-order valence-corrected chi connectivity index (χ3v) is 3.16. The maximum atomic E-state index is 13.7. The van der Waals surface area contributed by atoms with Gasteiger partial charge in [-0.2, -0.15) is 0 Å². The predicted octanol–water partition coefficient (Wildman–Crippen LogP) is 3.18. The topological polar surface area (TPSA) is 34.9 Å². The second-order valence-electron chi connectivity index (χ2n) is 4.41. The van der Waals surface area contributed by atoms with Crippen molar-refractivity contribution in [1.82, 2.24) is 9.55 Å². The SMILES string of the molecule is O=Cc1cc2ccc(F)cc2n1Cc1ncccc1F. The Morgan fingerprint density at radius 3 is 2.80 bits per heavy atom. The quantitative estimate of drug-likeness (QED) is 0.686. The van der Waals surface area contributed by atoms with Gasteiger partial charge in [-0.15, -0.1) is 0 Å². The molecule has 2 aromatic heterocycles. The van der Waals surface area contributed by atoms with Crippen molar-refractivity contribution >= 4 is 17.2 Å². The molecule has 0 amide bonds. The molecule has 0 saturated carbocycles. The molecule has 0 radical (unpaired) electrons. The molecule has 0 atom stereocenters. The van der Waals surface area contributed by atoms with Gasteiger partial charge in [-0.3, -0.25) is 9.78 Å². The maximum Gasteiger partial charge on any atom is 0.166 e. The predicted molar refractivity (Wildman–Crippen MR) is 70.6 cm³/mol. The fourth-order valence-corrected chi connectivity index (χ4v) is 2.21. The van der Waals surface area contributed by atoms with Crippen molar-refractivity contribution < 1.29 is 13.6 Å². The molecule has 1 aromatic carbocycles. The second kappa shape index (κ2) is 4.85. The van der Waals surface area contributed by atoms with E-state index in [0.29, 0.717) is 17.5 Å². The number of hydrogen-bond acceptors (Lipinski definition) is 2. The van der Waals surface area contributed by atoms with E-state index in [1.807, 2.05) is 0 Å². The van der Waals surface area contributed by atoms with Gasteiger partial charge in [0.05, 0.1) is 23.4 Å². The van der Waals surface area contributed by atoms with Crippen molar-refractivity contribution in [2.24, 2.45) is 0 Å². The highest BCUT2D eigenvalue weighted by Gasteiger charge is 2.12. The number of carbonyl (C=O) groups is 1. The van der Waals surface area contributed by atoms with Gasteiger partial charge in [0.2, 0.25) is 0 Å². The average Bonchev–Trinajstić information content (AvgIpc) is 2.79. The van der Waals surface area contributed by atoms with Crippen molar-refractivity contribution in [2.75, 3.05) is 0 Å². The summed E-state index contributed by atoms with van der Waals surface area (Å²) in [5.41, 5.74) is 1.10. The van der Waals surface area contributed by atoms with Crippen LogP contribution in [0.15, 0.2) is 42.6 Å². The Balaban J connectivity index is 2.17. The van der Waals surface area contributed by atoms with E-state index in [9.17, 15) is 13.6 Å². The summed E-state index contributed by atoms with van der Waals surface area (Å²) in [7, 11) is 0. The Morgan fingerprint density at radius 1 is 1.20 bits per heavy atom. The van der Waals surface area contributed by atoms with E-state index in [2.05, 4.69) is 4.98 Å². The Labute approximate surface area is 113 Å². The molecule has 0 saturated heterocycles. The van der Waals surface area contributed by atoms with Crippen LogP contribution in [0.4, 0.5) is 8.78 Å². The second-order valence-corrected chi connectivity index (χ2v) is 4.41. The van der Waals surface area contributed by atoms with Gasteiger partial charge in [0.15, 0.2) is 6.29 Å². The Hall–Kier alpha value is -2.56. The van der Waals surface area contributed by atoms with Gasteiger partial charge in [0, 0.05) is 11.6 Å². The van der Waals surface area contributed by atoms with E-state index >= 15 is 0 Å². The highest BCUT2D eigenvalue weighted by Crippen LogP contribution is 2.21. The van der Waals surface area contributed by atoms with Gasteiger partial charge in [-0.05, 0) is 36.4 Å². The summed E-state index contributed by atoms with van der Waals surface area (Å²) in [6.07, 6.45) is 2.14. The van der Waals surface area contributed by atoms with Crippen LogP contribution in [0.3, 0.4) is 0 Å². The monoisotopic (exact) mass is 272 g/mol. The fourth-order valence-electron chi connectivity index (χ4n) is 2.21. The minimum atomic E-state index is -0.456. The van der Waals surface area contributed by atoms with Crippen molar-refractivity contribution in [1.29, 1.82) is 0 Å². The fraction of sp³-hybridized carbons (Fsp3) is 0.0667. The van der Waals surface area contributed by atoms with Gasteiger partial charge in [-0.1, -0.05) is 0 Å². The summed E-state index contributed by atoms with van der Waals surface area (Å²) in [6, 6.07) is 8.67. The van der Waals surface area contributed by atoms with E-state index in [4.69, 9.17) is 0 Å². The van der Waals surface area contributed by atoms with Crippen LogP contribution in [0.2, 0.25) is 0 Å². The third-order valence-electron chi connectivity index (χ3n) is 3.16. The molecule has 0 aliphatic carbocycles. The molecule has 0 spiro atoms. The number of hydrogen-bond donors (Lipinski definition) is 0. The lowest BCUT2D eigenvalue weighted by atomic mass is 10.2. The minimum absolute atomic E-state index is 0.0771. The van der Waals surface area contributed by atoms with Crippen molar-refractivity contribution in [3.8, 4) is 0 Å². The van der Waals surface area contributed by atoms with Crippen molar-refractivity contribution in [3.63, 3.8) is 0 Å². The normalized spacial score (nSPS) is 10.9. The molecule has 0 fully saturated rings. The summed E-state index contributed by atoms with van der Waals surface area (Å²) in [5.74, 6) is -0.863. The Bertz CT molecular complexity index is 796. The molecule has 2 heterocycles. The van der Waals surface area contributed by atoms with Gasteiger partial charge >= 0.3 is 0 Å². The van der Waals surface area contributed by atoms with Gasteiger partial charge in [-0.25, -0.2) is 8.78 Å². The molecule has 5 heteroatoms. The van der Waals surface area contributed by atoms with E-state index in [1.54, 1.807) is 16.7 Å². The van der Waals surface area contributed by atoms with Crippen molar-refractivity contribution in [3.05, 3.63) is 65.6 Å². The number of nitrogens with zero attached hydrogens (tertiary/aromatic N) is 2. The van der Waals surface area contributed by atoms with Crippen LogP contribution in [0.25, 0.3) is 10.9 Å².